The van der Waals surface area contributed by atoms with Crippen molar-refractivity contribution in [3.05, 3.63) is 163 Å². The van der Waals surface area contributed by atoms with Crippen LogP contribution in [0.3, 0.4) is 0 Å². The molecule has 0 saturated heterocycles. The highest BCUT2D eigenvalue weighted by atomic mass is 35.5. The van der Waals surface area contributed by atoms with Crippen LogP contribution in [0.5, 0.6) is 5.75 Å². The molecule has 0 spiro atoms. The van der Waals surface area contributed by atoms with E-state index in [9.17, 15) is 18.4 Å². The average molecular weight is 811 g/mol. The molecule has 0 bridgehead atoms. The third-order valence-corrected chi connectivity index (χ3v) is 9.35. The van der Waals surface area contributed by atoms with Gasteiger partial charge in [0.15, 0.2) is 0 Å². The zero-order chi connectivity index (χ0) is 41.5. The van der Waals surface area contributed by atoms with Crippen LogP contribution in [0.4, 0.5) is 29.7 Å². The van der Waals surface area contributed by atoms with Gasteiger partial charge in [-0.1, -0.05) is 22.0 Å². The van der Waals surface area contributed by atoms with Crippen molar-refractivity contribution in [2.24, 2.45) is 0 Å². The van der Waals surface area contributed by atoms with Crippen LogP contribution in [0.2, 0.25) is 5.02 Å². The van der Waals surface area contributed by atoms with Crippen LogP contribution in [-0.2, 0) is 0 Å². The van der Waals surface area contributed by atoms with Gasteiger partial charge in [-0.15, -0.1) is 10.2 Å². The van der Waals surface area contributed by atoms with Crippen LogP contribution >= 0.6 is 11.6 Å². The Hall–Kier alpha value is -7.65. The summed E-state index contributed by atoms with van der Waals surface area (Å²) in [5.74, 6) is -0.0199. The Balaban J connectivity index is 0.000000179. The van der Waals surface area contributed by atoms with Gasteiger partial charge in [0.25, 0.3) is 0 Å². The molecule has 0 unspecified atom stereocenters. The number of pyridine rings is 2. The fourth-order valence-electron chi connectivity index (χ4n) is 5.95. The third kappa shape index (κ3) is 8.69. The molecule has 16 heteroatoms. The standard InChI is InChI=1S/C22H18FN5O2.C21H15ClFN5O/c1-27(18-7-9-19(30-2)10-8-18)22(29)28-21(16-11-13-24-14-12-16)20(25-26-28)15-3-5-17(23)6-4-15;1-27(18-8-4-16(22)5-9-18)21(29)28-20(15-10-12-24-13-11-15)19(25-26-28)14-2-6-17(23)7-3-14/h3-14H,1-2H3;2-13H,1H3. The highest BCUT2D eigenvalue weighted by molar-refractivity contribution is 6.30. The minimum absolute atomic E-state index is 0.355. The van der Waals surface area contributed by atoms with Crippen LogP contribution in [0.15, 0.2) is 146 Å². The van der Waals surface area contributed by atoms with Gasteiger partial charge < -0.3 is 4.74 Å². The molecule has 8 aromatic rings. The Kier molecular flexibility index (Phi) is 11.8. The summed E-state index contributed by atoms with van der Waals surface area (Å²) in [6.45, 7) is 0. The summed E-state index contributed by atoms with van der Waals surface area (Å²) in [5.41, 5.74) is 5.96. The lowest BCUT2D eigenvalue weighted by Gasteiger charge is -2.18. The number of hydrogen-bond acceptors (Lipinski definition) is 9. The van der Waals surface area contributed by atoms with Gasteiger partial charge in [0, 0.05) is 77.5 Å². The quantitative estimate of drug-likeness (QED) is 0.154. The fourth-order valence-corrected chi connectivity index (χ4v) is 6.08. The minimum atomic E-state index is -0.403. The first-order valence-corrected chi connectivity index (χ1v) is 18.2. The average Bonchev–Trinajstić information content (AvgIpc) is 3.93. The van der Waals surface area contributed by atoms with E-state index in [1.165, 1.54) is 43.4 Å². The predicted octanol–water partition coefficient (Wildman–Crippen LogP) is 9.16. The first-order chi connectivity index (χ1) is 28.6. The number of amides is 2. The zero-order valence-corrected chi connectivity index (χ0v) is 32.4. The summed E-state index contributed by atoms with van der Waals surface area (Å²) in [7, 11) is 4.87. The van der Waals surface area contributed by atoms with Crippen molar-refractivity contribution in [3.8, 4) is 50.8 Å². The maximum absolute atomic E-state index is 13.4. The minimum Gasteiger partial charge on any atom is -0.497 e. The Morgan fingerprint density at radius 1 is 0.542 bits per heavy atom. The number of methoxy groups -OCH3 is 1. The van der Waals surface area contributed by atoms with E-state index in [2.05, 4.69) is 30.6 Å². The topological polar surface area (TPSA) is 137 Å². The number of anilines is 2. The predicted molar refractivity (Wildman–Crippen MR) is 220 cm³/mol. The summed E-state index contributed by atoms with van der Waals surface area (Å²) in [5, 5.41) is 17.2. The molecular formula is C43H33ClF2N10O3. The SMILES string of the molecule is CN(C(=O)n1nnc(-c2ccc(F)cc2)c1-c1ccncc1)c1ccc(Cl)cc1.COc1ccc(N(C)C(=O)n2nnc(-c3ccc(F)cc3)c2-c2ccncc2)cc1. The Morgan fingerprint density at radius 3 is 1.29 bits per heavy atom. The largest absolute Gasteiger partial charge is 0.497 e. The van der Waals surface area contributed by atoms with Crippen LogP contribution in [0.25, 0.3) is 45.0 Å². The van der Waals surface area contributed by atoms with Crippen molar-refractivity contribution in [1.29, 1.82) is 0 Å². The van der Waals surface area contributed by atoms with Gasteiger partial charge in [0.2, 0.25) is 0 Å². The van der Waals surface area contributed by atoms with E-state index < -0.39 is 12.1 Å². The van der Waals surface area contributed by atoms with Crippen molar-refractivity contribution < 1.29 is 23.1 Å². The number of aromatic nitrogens is 8. The van der Waals surface area contributed by atoms with Gasteiger partial charge in [-0.3, -0.25) is 19.8 Å². The number of carbonyl (C=O) groups is 2. The van der Waals surface area contributed by atoms with Crippen LogP contribution in [0.1, 0.15) is 0 Å². The lowest BCUT2D eigenvalue weighted by Crippen LogP contribution is -2.32. The van der Waals surface area contributed by atoms with Crippen molar-refractivity contribution in [2.75, 3.05) is 31.0 Å². The molecule has 2 amide bonds. The summed E-state index contributed by atoms with van der Waals surface area (Å²) in [4.78, 5) is 37.4. The summed E-state index contributed by atoms with van der Waals surface area (Å²) in [6, 6.07) is 32.0. The molecule has 13 nitrogen and oxygen atoms in total. The van der Waals surface area contributed by atoms with Crippen molar-refractivity contribution >= 4 is 35.0 Å². The molecule has 4 heterocycles. The van der Waals surface area contributed by atoms with E-state index in [4.69, 9.17) is 16.3 Å². The summed E-state index contributed by atoms with van der Waals surface area (Å²) >= 11 is 5.94. The second kappa shape index (κ2) is 17.7. The normalized spacial score (nSPS) is 10.7. The monoisotopic (exact) mass is 810 g/mol. The highest BCUT2D eigenvalue weighted by Gasteiger charge is 2.26. The molecule has 4 aromatic heterocycles. The number of ether oxygens (including phenoxy) is 1. The highest BCUT2D eigenvalue weighted by Crippen LogP contribution is 2.33. The second-order valence-corrected chi connectivity index (χ2v) is 13.2. The van der Waals surface area contributed by atoms with Gasteiger partial charge in [0.05, 0.1) is 7.11 Å². The maximum atomic E-state index is 13.4. The molecule has 0 atom stereocenters. The molecule has 0 radical (unpaired) electrons. The van der Waals surface area contributed by atoms with E-state index >= 15 is 0 Å². The van der Waals surface area contributed by atoms with Gasteiger partial charge >= 0.3 is 12.1 Å². The van der Waals surface area contributed by atoms with E-state index in [-0.39, 0.29) is 11.6 Å². The van der Waals surface area contributed by atoms with E-state index in [1.807, 2.05) is 0 Å². The molecule has 0 aliphatic carbocycles. The number of nitrogens with zero attached hydrogens (tertiary/aromatic N) is 10. The molecular weight excluding hydrogens is 778 g/mol. The van der Waals surface area contributed by atoms with Crippen LogP contribution in [0, 0.1) is 11.6 Å². The first kappa shape index (κ1) is 39.6. The molecule has 0 aliphatic heterocycles. The van der Waals surface area contributed by atoms with Crippen LogP contribution in [-0.4, -0.2) is 73.2 Å². The molecule has 0 aliphatic rings. The molecule has 4 aromatic carbocycles. The van der Waals surface area contributed by atoms with Crippen molar-refractivity contribution in [3.63, 3.8) is 0 Å². The van der Waals surface area contributed by atoms with Gasteiger partial charge in [-0.2, -0.15) is 9.36 Å². The smallest absolute Gasteiger partial charge is 0.350 e. The lowest BCUT2D eigenvalue weighted by atomic mass is 10.1. The van der Waals surface area contributed by atoms with E-state index in [1.54, 1.807) is 143 Å². The van der Waals surface area contributed by atoms with Gasteiger partial charge in [-0.25, -0.2) is 18.4 Å². The van der Waals surface area contributed by atoms with E-state index in [0.29, 0.717) is 67.2 Å². The molecule has 0 N–H and O–H groups in total. The van der Waals surface area contributed by atoms with Gasteiger partial charge in [-0.05, 0) is 121 Å². The number of carbonyl (C=O) groups excluding carboxylic acids is 2. The third-order valence-electron chi connectivity index (χ3n) is 9.09. The lowest BCUT2D eigenvalue weighted by molar-refractivity contribution is 0.245. The molecule has 0 fully saturated rings. The van der Waals surface area contributed by atoms with E-state index in [0.717, 1.165) is 0 Å². The zero-order valence-electron chi connectivity index (χ0n) is 31.7. The Morgan fingerprint density at radius 2 is 0.915 bits per heavy atom. The first-order valence-electron chi connectivity index (χ1n) is 17.8. The van der Waals surface area contributed by atoms with Crippen molar-refractivity contribution in [2.45, 2.75) is 0 Å². The number of rotatable bonds is 7. The Bertz CT molecular complexity index is 2680. The Labute approximate surface area is 341 Å². The molecule has 8 rings (SSSR count). The number of hydrogen-bond donors (Lipinski definition) is 0. The summed E-state index contributed by atoms with van der Waals surface area (Å²) < 4.78 is 34.4. The van der Waals surface area contributed by atoms with Crippen LogP contribution < -0.4 is 14.5 Å². The van der Waals surface area contributed by atoms with Gasteiger partial charge in [0.1, 0.15) is 40.2 Å². The maximum Gasteiger partial charge on any atom is 0.350 e. The summed E-state index contributed by atoms with van der Waals surface area (Å²) in [6.07, 6.45) is 6.49. The number of halogens is 3. The second-order valence-electron chi connectivity index (χ2n) is 12.7. The molecule has 0 saturated carbocycles. The molecule has 59 heavy (non-hydrogen) atoms. The van der Waals surface area contributed by atoms with Crippen molar-refractivity contribution in [1.82, 2.24) is 40.0 Å². The molecule has 294 valence electrons. The number of benzene rings is 4. The fraction of sp³-hybridized carbons (Fsp3) is 0.0698.